The molecular weight excluding hydrogens is 631 g/mol. The van der Waals surface area contributed by atoms with Gasteiger partial charge < -0.3 is 17.2 Å². The summed E-state index contributed by atoms with van der Waals surface area (Å²) in [5, 5.41) is 0. The predicted molar refractivity (Wildman–Crippen MR) is 205 cm³/mol. The van der Waals surface area contributed by atoms with Crippen LogP contribution in [-0.2, 0) is 33.6 Å². The van der Waals surface area contributed by atoms with Crippen LogP contribution in [0.2, 0.25) is 0 Å². The number of amides is 3. The fraction of sp³-hybridized carbons (Fsp3) is 0.400. The van der Waals surface area contributed by atoms with Crippen molar-refractivity contribution in [3.05, 3.63) is 121 Å². The molecule has 6 aliphatic rings. The monoisotopic (exact) mass is 695 g/mol. The Morgan fingerprint density at radius 3 is 1.57 bits per heavy atom. The van der Waals surface area contributed by atoms with Crippen LogP contribution in [0.4, 0.5) is 0 Å². The first kappa shape index (κ1) is 21.6. The van der Waals surface area contributed by atoms with Crippen LogP contribution in [0.3, 0.4) is 0 Å². The van der Waals surface area contributed by atoms with Crippen LogP contribution in [0.25, 0.3) is 16.7 Å². The van der Waals surface area contributed by atoms with E-state index in [-0.39, 0.29) is 35.1 Å². The average Bonchev–Trinajstić information content (AvgIpc) is 3.89. The van der Waals surface area contributed by atoms with Gasteiger partial charge >= 0.3 is 0 Å². The molecule has 0 radical (unpaired) electrons. The van der Waals surface area contributed by atoms with Gasteiger partial charge in [0, 0.05) is 19.2 Å². The summed E-state index contributed by atoms with van der Waals surface area (Å²) >= 11 is 0. The zero-order valence-corrected chi connectivity index (χ0v) is 29.0. The van der Waals surface area contributed by atoms with E-state index in [0.29, 0.717) is 23.1 Å². The zero-order valence-electron chi connectivity index (χ0n) is 43.0. The third-order valence-corrected chi connectivity index (χ3v) is 10.2. The van der Waals surface area contributed by atoms with Gasteiger partial charge in [-0.2, -0.15) is 0 Å². The van der Waals surface area contributed by atoms with Gasteiger partial charge in [-0.3, -0.25) is 14.4 Å². The molecule has 0 aromatic heterocycles. The van der Waals surface area contributed by atoms with E-state index < -0.39 is 73.7 Å². The van der Waals surface area contributed by atoms with E-state index in [1.54, 1.807) is 31.2 Å². The summed E-state index contributed by atoms with van der Waals surface area (Å²) in [4.78, 5) is 35.5. The van der Waals surface area contributed by atoms with Crippen molar-refractivity contribution in [2.24, 2.45) is 34.9 Å². The Morgan fingerprint density at radius 1 is 0.608 bits per heavy atom. The molecule has 3 amide bonds. The van der Waals surface area contributed by atoms with Crippen LogP contribution >= 0.6 is 0 Å². The fourth-order valence-corrected chi connectivity index (χ4v) is 7.78. The largest absolute Gasteiger partial charge is 0.369 e. The highest BCUT2D eigenvalue weighted by Crippen LogP contribution is 2.46. The Labute approximate surface area is 321 Å². The number of allylic oxidation sites excluding steroid dienone is 3. The molecule has 51 heavy (non-hydrogen) atoms. The summed E-state index contributed by atoms with van der Waals surface area (Å²) in [5.41, 5.74) is 26.2. The number of hydrogen-bond donors (Lipinski definition) is 3. The minimum Gasteiger partial charge on any atom is -0.369 e. The van der Waals surface area contributed by atoms with Crippen molar-refractivity contribution in [2.75, 3.05) is 0 Å². The minimum atomic E-state index is -3.12. The number of nitrogens with two attached hydrogens (primary N) is 3. The topological polar surface area (TPSA) is 129 Å². The second kappa shape index (κ2) is 14.1. The molecule has 6 heteroatoms. The van der Waals surface area contributed by atoms with Gasteiger partial charge in [-0.05, 0) is 164 Å². The number of aryl methyl sites for hydroxylation is 3. The smallest absolute Gasteiger partial charge is 0.224 e. The third-order valence-electron chi connectivity index (χ3n) is 10.2. The molecule has 0 fully saturated rings. The number of primary amides is 3. The molecule has 6 nitrogen and oxygen atoms in total. The molecule has 9 rings (SSSR count). The zero-order chi connectivity index (χ0) is 48.6. The molecule has 3 aromatic carbocycles. The van der Waals surface area contributed by atoms with E-state index in [1.807, 2.05) is 19.1 Å². The van der Waals surface area contributed by atoms with Gasteiger partial charge in [0.2, 0.25) is 17.7 Å². The minimum absolute atomic E-state index is 0.00644. The predicted octanol–water partition coefficient (Wildman–Crippen LogP) is 7.77. The van der Waals surface area contributed by atoms with Gasteiger partial charge in [-0.15, -0.1) is 0 Å². The molecule has 0 spiro atoms. The van der Waals surface area contributed by atoms with Crippen molar-refractivity contribution in [3.8, 4) is 0 Å². The van der Waals surface area contributed by atoms with Gasteiger partial charge in [0.15, 0.2) is 0 Å². The van der Waals surface area contributed by atoms with Crippen LogP contribution in [0.15, 0.2) is 71.3 Å². The number of fused-ring (bicyclic) bond motifs is 6. The first-order chi connectivity index (χ1) is 29.7. The van der Waals surface area contributed by atoms with Crippen molar-refractivity contribution in [2.45, 2.75) is 97.5 Å². The lowest BCUT2D eigenvalue weighted by Gasteiger charge is -2.22. The number of hydrogen-bond acceptors (Lipinski definition) is 3. The van der Waals surface area contributed by atoms with E-state index in [2.05, 4.69) is 25.1 Å². The van der Waals surface area contributed by atoms with E-state index in [0.717, 1.165) is 41.5 Å². The number of rotatable bonds is 3. The lowest BCUT2D eigenvalue weighted by molar-refractivity contribution is -0.121. The van der Waals surface area contributed by atoms with Crippen molar-refractivity contribution in [1.82, 2.24) is 0 Å². The van der Waals surface area contributed by atoms with Gasteiger partial charge in [-0.25, -0.2) is 0 Å². The Bertz CT molecular complexity index is 2710. The highest BCUT2D eigenvalue weighted by atomic mass is 16.2. The molecule has 0 aliphatic heterocycles. The Kier molecular flexibility index (Phi) is 5.99. The highest BCUT2D eigenvalue weighted by Gasteiger charge is 2.35. The van der Waals surface area contributed by atoms with Crippen LogP contribution in [0, 0.1) is 38.5 Å². The molecule has 0 saturated heterocycles. The number of carbonyl (C=O) groups excluding carboxylic acids is 3. The standard InChI is InChI=1S/3C15H17NO/c3*1-9-5-6-10-8-14-11(13(10)7-9)3-2-4-12(14)15(16)17/h3*5-7,12H,2-4,8H2,1H3,(H2,16,17)/i2D2,3D2,4D2,12D;2D2,3D2,4D2;12D. The molecule has 264 valence electrons. The van der Waals surface area contributed by atoms with Crippen molar-refractivity contribution in [1.29, 1.82) is 0 Å². The molecule has 6 N–H and O–H groups in total. The second-order valence-electron chi connectivity index (χ2n) is 13.8. The molecular formula is C45H51N3O3. The van der Waals surface area contributed by atoms with E-state index in [9.17, 15) is 14.4 Å². The van der Waals surface area contributed by atoms with Gasteiger partial charge in [0.1, 0.15) is 0 Å². The highest BCUT2D eigenvalue weighted by molar-refractivity contribution is 5.89. The molecule has 3 aromatic rings. The van der Waals surface area contributed by atoms with E-state index >= 15 is 0 Å². The van der Waals surface area contributed by atoms with Crippen LogP contribution in [0.1, 0.15) is 127 Å². The summed E-state index contributed by atoms with van der Waals surface area (Å²) in [6, 6.07) is 17.0. The molecule has 6 aliphatic carbocycles. The molecule has 3 atom stereocenters. The Morgan fingerprint density at radius 2 is 1.06 bits per heavy atom. The number of benzene rings is 3. The summed E-state index contributed by atoms with van der Waals surface area (Å²) in [5.74, 6) is -8.12. The maximum atomic E-state index is 12.0. The summed E-state index contributed by atoms with van der Waals surface area (Å²) in [7, 11) is 0. The Hall–Kier alpha value is -4.71. The summed E-state index contributed by atoms with van der Waals surface area (Å²) in [6.45, 7) is 5.72. The third kappa shape index (κ3) is 6.73. The molecule has 0 bridgehead atoms. The van der Waals surface area contributed by atoms with Gasteiger partial charge in [0.05, 0.1) is 17.7 Å². The second-order valence-corrected chi connectivity index (χ2v) is 13.8. The van der Waals surface area contributed by atoms with Crippen molar-refractivity contribution < 1.29 is 33.6 Å². The van der Waals surface area contributed by atoms with E-state index in [4.69, 9.17) is 36.4 Å². The first-order valence-electron chi connectivity index (χ1n) is 24.1. The normalized spacial score (nSPS) is 35.2. The molecule has 0 saturated carbocycles. The van der Waals surface area contributed by atoms with Gasteiger partial charge in [0.25, 0.3) is 0 Å². The molecule has 0 heterocycles. The van der Waals surface area contributed by atoms with E-state index in [1.165, 1.54) is 22.3 Å². The Balaban J connectivity index is 0.000000147. The van der Waals surface area contributed by atoms with Crippen molar-refractivity contribution >= 4 is 34.4 Å². The SMILES string of the molecule is [2H]C1(C(N)=O)CCCC2=C1Cc1ccc(C)cc12.[2H]C1([2H])C2=C(Cc3ccc(C)cc32)C(C(N)=O)C([2H])([2H])C1([2H])[2H].[2H]C1([2H])C2=C(Cc3ccc(C)cc32)C([2H])(C(N)=O)C([2H])([2H])C1([2H])[2H]. The lowest BCUT2D eigenvalue weighted by atomic mass is 9.82. The summed E-state index contributed by atoms with van der Waals surface area (Å²) < 4.78 is 115. The molecule has 3 unspecified atom stereocenters. The first-order valence-corrected chi connectivity index (χ1v) is 17.1. The summed E-state index contributed by atoms with van der Waals surface area (Å²) in [6.07, 6.45) is -13.7. The maximum Gasteiger partial charge on any atom is 0.224 e. The fourth-order valence-electron chi connectivity index (χ4n) is 7.78. The quantitative estimate of drug-likeness (QED) is 0.259. The van der Waals surface area contributed by atoms with Gasteiger partial charge in [-0.1, -0.05) is 71.3 Å². The average molecular weight is 696 g/mol. The number of carbonyl (C=O) groups is 3. The lowest BCUT2D eigenvalue weighted by Crippen LogP contribution is -2.27. The maximum absolute atomic E-state index is 12.0. The van der Waals surface area contributed by atoms with Crippen molar-refractivity contribution in [3.63, 3.8) is 0 Å². The van der Waals surface area contributed by atoms with Crippen LogP contribution in [-0.4, -0.2) is 17.7 Å². The van der Waals surface area contributed by atoms with Crippen LogP contribution in [0.5, 0.6) is 0 Å². The van der Waals surface area contributed by atoms with Crippen LogP contribution < -0.4 is 17.2 Å².